The van der Waals surface area contributed by atoms with Gasteiger partial charge in [0.15, 0.2) is 0 Å². The quantitative estimate of drug-likeness (QED) is 0.849. The molecular weight excluding hydrogens is 333 g/mol. The van der Waals surface area contributed by atoms with E-state index >= 15 is 0 Å². The van der Waals surface area contributed by atoms with Crippen molar-refractivity contribution in [2.45, 2.75) is 12.7 Å². The SMILES string of the molecule is Cn1ncc(N2CCN(Cc3cccc(C(F)(F)F)c3)CC2)cc1=O. The van der Waals surface area contributed by atoms with Gasteiger partial charge in [-0.05, 0) is 11.6 Å². The third-order valence-electron chi connectivity index (χ3n) is 4.35. The third kappa shape index (κ3) is 4.19. The molecule has 0 saturated carbocycles. The molecule has 8 heteroatoms. The first-order valence-corrected chi connectivity index (χ1v) is 8.00. The van der Waals surface area contributed by atoms with E-state index in [4.69, 9.17) is 0 Å². The number of hydrogen-bond donors (Lipinski definition) is 0. The normalized spacial score (nSPS) is 16.2. The van der Waals surface area contributed by atoms with Crippen molar-refractivity contribution < 1.29 is 13.2 Å². The van der Waals surface area contributed by atoms with E-state index in [0.717, 1.165) is 11.8 Å². The van der Waals surface area contributed by atoms with Crippen LogP contribution >= 0.6 is 0 Å². The molecule has 0 N–H and O–H groups in total. The van der Waals surface area contributed by atoms with Gasteiger partial charge in [0, 0.05) is 45.8 Å². The monoisotopic (exact) mass is 352 g/mol. The Hall–Kier alpha value is -2.35. The summed E-state index contributed by atoms with van der Waals surface area (Å²) < 4.78 is 39.7. The van der Waals surface area contributed by atoms with Crippen LogP contribution in [0.4, 0.5) is 18.9 Å². The summed E-state index contributed by atoms with van der Waals surface area (Å²) in [5.41, 5.74) is 0.652. The average molecular weight is 352 g/mol. The highest BCUT2D eigenvalue weighted by atomic mass is 19.4. The number of nitrogens with zero attached hydrogens (tertiary/aromatic N) is 4. The molecule has 0 aliphatic carbocycles. The summed E-state index contributed by atoms with van der Waals surface area (Å²) in [7, 11) is 1.60. The van der Waals surface area contributed by atoms with Crippen molar-refractivity contribution >= 4 is 5.69 Å². The molecule has 0 unspecified atom stereocenters. The number of hydrogen-bond acceptors (Lipinski definition) is 4. The molecule has 1 aliphatic heterocycles. The van der Waals surface area contributed by atoms with Crippen LogP contribution in [0, 0.1) is 0 Å². The second-order valence-corrected chi connectivity index (χ2v) is 6.14. The van der Waals surface area contributed by atoms with Crippen molar-refractivity contribution in [1.29, 1.82) is 0 Å². The van der Waals surface area contributed by atoms with E-state index in [9.17, 15) is 18.0 Å². The van der Waals surface area contributed by atoms with E-state index in [-0.39, 0.29) is 5.56 Å². The van der Waals surface area contributed by atoms with Gasteiger partial charge in [0.25, 0.3) is 5.56 Å². The molecule has 5 nitrogen and oxygen atoms in total. The minimum Gasteiger partial charge on any atom is -0.368 e. The Labute approximate surface area is 143 Å². The van der Waals surface area contributed by atoms with Gasteiger partial charge in [0.05, 0.1) is 17.4 Å². The predicted molar refractivity (Wildman–Crippen MR) is 88.4 cm³/mol. The van der Waals surface area contributed by atoms with Gasteiger partial charge >= 0.3 is 6.18 Å². The van der Waals surface area contributed by atoms with Crippen molar-refractivity contribution in [3.8, 4) is 0 Å². The fourth-order valence-corrected chi connectivity index (χ4v) is 2.90. The van der Waals surface area contributed by atoms with Gasteiger partial charge in [0.2, 0.25) is 0 Å². The molecule has 1 aromatic heterocycles. The molecule has 0 radical (unpaired) electrons. The zero-order valence-corrected chi connectivity index (χ0v) is 13.8. The summed E-state index contributed by atoms with van der Waals surface area (Å²) in [6.07, 6.45) is -2.66. The topological polar surface area (TPSA) is 41.4 Å². The van der Waals surface area contributed by atoms with E-state index < -0.39 is 11.7 Å². The van der Waals surface area contributed by atoms with Crippen LogP contribution in [0.5, 0.6) is 0 Å². The maximum atomic E-state index is 12.8. The van der Waals surface area contributed by atoms with Crippen molar-refractivity contribution in [3.63, 3.8) is 0 Å². The lowest BCUT2D eigenvalue weighted by Crippen LogP contribution is -2.46. The van der Waals surface area contributed by atoms with Gasteiger partial charge in [0.1, 0.15) is 0 Å². The second kappa shape index (κ2) is 6.87. The molecule has 1 aromatic carbocycles. The predicted octanol–water partition coefficient (Wildman–Crippen LogP) is 2.12. The second-order valence-electron chi connectivity index (χ2n) is 6.14. The van der Waals surface area contributed by atoms with Gasteiger partial charge in [-0.25, -0.2) is 4.68 Å². The molecule has 2 aromatic rings. The third-order valence-corrected chi connectivity index (χ3v) is 4.35. The first kappa shape index (κ1) is 17.5. The highest BCUT2D eigenvalue weighted by Crippen LogP contribution is 2.29. The van der Waals surface area contributed by atoms with Crippen molar-refractivity contribution in [2.75, 3.05) is 31.1 Å². The number of anilines is 1. The molecule has 0 spiro atoms. The van der Waals surface area contributed by atoms with Gasteiger partial charge < -0.3 is 4.90 Å². The molecule has 1 aliphatic rings. The Bertz CT molecular complexity index is 795. The van der Waals surface area contributed by atoms with Gasteiger partial charge in [-0.1, -0.05) is 18.2 Å². The summed E-state index contributed by atoms with van der Waals surface area (Å²) >= 11 is 0. The Morgan fingerprint density at radius 3 is 2.48 bits per heavy atom. The molecule has 134 valence electrons. The molecule has 3 rings (SSSR count). The van der Waals surface area contributed by atoms with Crippen LogP contribution in [0.25, 0.3) is 0 Å². The summed E-state index contributed by atoms with van der Waals surface area (Å²) in [5, 5.41) is 4.02. The maximum Gasteiger partial charge on any atom is 0.416 e. The fourth-order valence-electron chi connectivity index (χ4n) is 2.90. The van der Waals surface area contributed by atoms with E-state index in [0.29, 0.717) is 38.3 Å². The van der Waals surface area contributed by atoms with Crippen LogP contribution in [-0.4, -0.2) is 40.9 Å². The van der Waals surface area contributed by atoms with E-state index in [1.165, 1.54) is 16.8 Å². The fraction of sp³-hybridized carbons (Fsp3) is 0.412. The van der Waals surface area contributed by atoms with Crippen LogP contribution in [0.1, 0.15) is 11.1 Å². The summed E-state index contributed by atoms with van der Waals surface area (Å²) in [6.45, 7) is 3.31. The highest BCUT2D eigenvalue weighted by molar-refractivity contribution is 5.43. The number of aromatic nitrogens is 2. The maximum absolute atomic E-state index is 12.8. The summed E-state index contributed by atoms with van der Waals surface area (Å²) in [6, 6.07) is 7.00. The first-order valence-electron chi connectivity index (χ1n) is 8.00. The highest BCUT2D eigenvalue weighted by Gasteiger charge is 2.30. The molecule has 1 fully saturated rings. The van der Waals surface area contributed by atoms with Crippen LogP contribution < -0.4 is 10.5 Å². The molecule has 0 amide bonds. The minimum atomic E-state index is -4.32. The van der Waals surface area contributed by atoms with Gasteiger partial charge in [-0.15, -0.1) is 0 Å². The number of halogens is 3. The van der Waals surface area contributed by atoms with E-state index in [1.807, 2.05) is 0 Å². The lowest BCUT2D eigenvalue weighted by atomic mass is 10.1. The van der Waals surface area contributed by atoms with Crippen LogP contribution in [-0.2, 0) is 19.8 Å². The van der Waals surface area contributed by atoms with Crippen molar-refractivity contribution in [3.05, 3.63) is 58.0 Å². The summed E-state index contributed by atoms with van der Waals surface area (Å²) in [5.74, 6) is 0. The smallest absolute Gasteiger partial charge is 0.368 e. The number of alkyl halides is 3. The van der Waals surface area contributed by atoms with E-state index in [2.05, 4.69) is 14.9 Å². The first-order chi connectivity index (χ1) is 11.8. The Kier molecular flexibility index (Phi) is 4.80. The number of piperazine rings is 1. The van der Waals surface area contributed by atoms with E-state index in [1.54, 1.807) is 25.4 Å². The van der Waals surface area contributed by atoms with Crippen molar-refractivity contribution in [2.24, 2.45) is 7.05 Å². The zero-order chi connectivity index (χ0) is 18.0. The summed E-state index contributed by atoms with van der Waals surface area (Å²) in [4.78, 5) is 15.9. The Morgan fingerprint density at radius 2 is 1.84 bits per heavy atom. The molecule has 25 heavy (non-hydrogen) atoms. The molecular formula is C17H19F3N4O. The van der Waals surface area contributed by atoms with Gasteiger partial charge in [-0.2, -0.15) is 18.3 Å². The van der Waals surface area contributed by atoms with Crippen LogP contribution in [0.2, 0.25) is 0 Å². The molecule has 0 atom stereocenters. The number of aryl methyl sites for hydroxylation is 1. The molecule has 2 heterocycles. The van der Waals surface area contributed by atoms with Crippen molar-refractivity contribution in [1.82, 2.24) is 14.7 Å². The number of benzene rings is 1. The minimum absolute atomic E-state index is 0.163. The average Bonchev–Trinajstić information content (AvgIpc) is 2.58. The lowest BCUT2D eigenvalue weighted by molar-refractivity contribution is -0.137. The molecule has 1 saturated heterocycles. The standard InChI is InChI=1S/C17H19F3N4O/c1-22-16(25)10-15(11-21-22)24-7-5-23(6-8-24)12-13-3-2-4-14(9-13)17(18,19)20/h2-4,9-11H,5-8,12H2,1H3. The van der Waals surface area contributed by atoms with Crippen LogP contribution in [0.15, 0.2) is 41.3 Å². The van der Waals surface area contributed by atoms with Crippen LogP contribution in [0.3, 0.4) is 0 Å². The number of rotatable bonds is 3. The van der Waals surface area contributed by atoms with Gasteiger partial charge in [-0.3, -0.25) is 9.69 Å². The molecule has 0 bridgehead atoms. The Balaban J connectivity index is 1.61. The zero-order valence-electron chi connectivity index (χ0n) is 13.8. The Morgan fingerprint density at radius 1 is 1.12 bits per heavy atom. The largest absolute Gasteiger partial charge is 0.416 e. The lowest BCUT2D eigenvalue weighted by Gasteiger charge is -2.35.